The number of carbonyl (C=O) groups is 6. The molecule has 0 aliphatic heterocycles. The third-order valence-electron chi connectivity index (χ3n) is 8.70. The van der Waals surface area contributed by atoms with Crippen LogP contribution < -0.4 is 27.8 Å². The maximum atomic E-state index is 12.3. The van der Waals surface area contributed by atoms with Gasteiger partial charge < -0.3 is 14.1 Å². The Morgan fingerprint density at radius 2 is 0.515 bits per heavy atom. The van der Waals surface area contributed by atoms with E-state index in [0.29, 0.717) is 66.8 Å². The minimum Gasteiger partial charge on any atom is -1.00 e. The third-order valence-corrected chi connectivity index (χ3v) is 8.70. The van der Waals surface area contributed by atoms with E-state index in [1.165, 1.54) is 37.2 Å². The quantitative estimate of drug-likeness (QED) is 0.0837. The summed E-state index contributed by atoms with van der Waals surface area (Å²) in [7, 11) is -5.52. The van der Waals surface area contributed by atoms with Crippen molar-refractivity contribution in [2.24, 2.45) is 21.1 Å². The monoisotopic (exact) mass is 936 g/mol. The number of carbonyl (C=O) groups excluding carboxylic acids is 6. The van der Waals surface area contributed by atoms with Gasteiger partial charge in [0.2, 0.25) is 17.3 Å². The molecule has 12 nitrogen and oxygen atoms in total. The molecule has 0 atom stereocenters. The Hall–Kier alpha value is -7.73. The van der Waals surface area contributed by atoms with E-state index in [-0.39, 0.29) is 48.8 Å². The van der Waals surface area contributed by atoms with Crippen LogP contribution in [0.1, 0.15) is 95.5 Å². The van der Waals surface area contributed by atoms with Gasteiger partial charge in [0.05, 0.1) is 33.4 Å². The number of hydrogen-bond donors (Lipinski definition) is 0. The molecule has 3 aliphatic carbocycles. The highest BCUT2D eigenvalue weighted by Gasteiger charge is 2.34. The van der Waals surface area contributed by atoms with Crippen LogP contribution in [-0.4, -0.2) is 72.3 Å². The van der Waals surface area contributed by atoms with Gasteiger partial charge in [-0.1, -0.05) is 0 Å². The van der Waals surface area contributed by atoms with Crippen LogP contribution in [0.5, 0.6) is 0 Å². The van der Waals surface area contributed by atoms with Crippen molar-refractivity contribution in [2.45, 2.75) is 0 Å². The average molecular weight is 936 g/mol. The molecule has 3 aliphatic rings. The smallest absolute Gasteiger partial charge is 0.762 e. The van der Waals surface area contributed by atoms with Crippen molar-refractivity contribution in [3.63, 3.8) is 0 Å². The lowest BCUT2D eigenvalue weighted by atomic mass is 9.86. The van der Waals surface area contributed by atoms with Crippen LogP contribution in [0.25, 0.3) is 0 Å². The molecule has 27 heteroatoms. The number of pyridine rings is 6. The van der Waals surface area contributed by atoms with Gasteiger partial charge in [0, 0.05) is 88.8 Å². The molecule has 6 heterocycles. The average Bonchev–Trinajstić information content (AvgIpc) is 3.24. The second-order valence-electron chi connectivity index (χ2n) is 12.8. The number of halogens is 12. The largest absolute Gasteiger partial charge is 1.00 e. The van der Waals surface area contributed by atoms with Crippen LogP contribution in [-0.2, 0) is 21.1 Å². The van der Waals surface area contributed by atoms with Crippen molar-refractivity contribution in [3.05, 3.63) is 178 Å². The highest BCUT2D eigenvalue weighted by molar-refractivity contribution is 6.34. The fraction of sp³-hybridized carbons (Fsp3) is 0.0769. The predicted molar refractivity (Wildman–Crippen MR) is 203 cm³/mol. The summed E-state index contributed by atoms with van der Waals surface area (Å²) in [5.41, 5.74) is 5.19. The molecular formula is C39H27B3F12N6O6. The lowest BCUT2D eigenvalue weighted by Crippen LogP contribution is -3.00. The maximum absolute atomic E-state index is 12.3. The van der Waals surface area contributed by atoms with Gasteiger partial charge in [-0.25, -0.2) is 13.7 Å². The van der Waals surface area contributed by atoms with Crippen LogP contribution >= 0.6 is 0 Å². The Balaban J connectivity index is 0.000000432. The van der Waals surface area contributed by atoms with Gasteiger partial charge in [0.15, 0.2) is 54.5 Å². The van der Waals surface area contributed by atoms with Crippen molar-refractivity contribution < 1.29 is 95.4 Å². The summed E-state index contributed by atoms with van der Waals surface area (Å²) < 4.78 is 92.3. The lowest BCUT2D eigenvalue weighted by molar-refractivity contribution is -0.672. The number of ketones is 6. The summed E-state index contributed by atoms with van der Waals surface area (Å²) in [6, 6.07) is 9.78. The molecule has 0 bridgehead atoms. The van der Waals surface area contributed by atoms with Gasteiger partial charge in [-0.15, -0.1) is 0 Å². The SMILES string of the molecule is C[n+]1ccc2c(c1)C(=O)c1cc[n+](C)cc1C2=O.C[n+]1ccc2c(c1)C(=O)c1ccncc1C2=O.FB(F)F.FB(F)F.FB(F)F.O=C1c2ccncc2C(=O)c2ccncc21.[F-].[F-].[F-]. The standard InChI is InChI=1S/C14H12N2O2.C13H9N2O2.C12H6N2O2.3BF3.3FH/c1-15-5-3-9-11(7-15)13(17)10-4-6-16(2)8-12(10)14(9)18;1-15-5-3-9-11(7-15)13(17)8-2-4-14-6-10(8)12(9)16;15-11-7-1-3-13-5-9(7)12(16)8-2-4-14-6-10(8)11;3*2-1(3)4;;;/h3-8H,1-2H3;2-7H,1H3;1-6H;;;;3*1H/q+2;+1;;;;;;;/p-3. The zero-order chi connectivity index (χ0) is 46.7. The van der Waals surface area contributed by atoms with Crippen molar-refractivity contribution in [3.8, 4) is 0 Å². The van der Waals surface area contributed by atoms with E-state index >= 15 is 0 Å². The van der Waals surface area contributed by atoms with E-state index in [0.717, 1.165) is 0 Å². The molecular weight excluding hydrogens is 909 g/mol. The summed E-state index contributed by atoms with van der Waals surface area (Å²) in [6.07, 6.45) is 19.2. The zero-order valence-corrected chi connectivity index (χ0v) is 33.8. The van der Waals surface area contributed by atoms with Gasteiger partial charge in [-0.3, -0.25) is 82.6 Å². The van der Waals surface area contributed by atoms with Gasteiger partial charge in [-0.2, -0.15) is 0 Å². The minimum absolute atomic E-state index is 0. The van der Waals surface area contributed by atoms with E-state index in [9.17, 15) is 67.6 Å². The van der Waals surface area contributed by atoms with Crippen molar-refractivity contribution in [1.29, 1.82) is 0 Å². The van der Waals surface area contributed by atoms with E-state index in [1.807, 2.05) is 21.1 Å². The minimum atomic E-state index is -3.67. The topological polar surface area (TPSA) is 153 Å². The molecule has 0 spiro atoms. The van der Waals surface area contributed by atoms with E-state index < -0.39 is 22.6 Å². The first-order valence-electron chi connectivity index (χ1n) is 17.6. The van der Waals surface area contributed by atoms with E-state index in [2.05, 4.69) is 15.0 Å². The van der Waals surface area contributed by atoms with Gasteiger partial charge in [-0.05, 0) is 18.2 Å². The molecule has 0 saturated heterocycles. The van der Waals surface area contributed by atoms with Gasteiger partial charge in [0.25, 0.3) is 0 Å². The Morgan fingerprint density at radius 3 is 0.727 bits per heavy atom. The maximum Gasteiger partial charge on any atom is 0.762 e. The summed E-state index contributed by atoms with van der Waals surface area (Å²) in [5, 5.41) is 0. The number of hydrogen-bond acceptors (Lipinski definition) is 9. The Morgan fingerprint density at radius 1 is 0.333 bits per heavy atom. The summed E-state index contributed by atoms with van der Waals surface area (Å²) in [4.78, 5) is 84.8. The number of nitrogens with zero attached hydrogens (tertiary/aromatic N) is 6. The number of fused-ring (bicyclic) bond motifs is 6. The highest BCUT2D eigenvalue weighted by atomic mass is 19.4. The van der Waals surface area contributed by atoms with Crippen LogP contribution in [0.15, 0.2) is 111 Å². The molecule has 0 amide bonds. The number of aromatic nitrogens is 6. The highest BCUT2D eigenvalue weighted by Crippen LogP contribution is 2.27. The van der Waals surface area contributed by atoms with Gasteiger partial charge >= 0.3 is 22.6 Å². The molecule has 0 saturated carbocycles. The molecule has 342 valence electrons. The first kappa shape index (κ1) is 56.3. The third kappa shape index (κ3) is 13.6. The fourth-order valence-electron chi connectivity index (χ4n) is 6.12. The Kier molecular flexibility index (Phi) is 21.3. The molecule has 66 heavy (non-hydrogen) atoms. The van der Waals surface area contributed by atoms with Crippen LogP contribution in [0, 0.1) is 0 Å². The summed E-state index contributed by atoms with van der Waals surface area (Å²) in [5.74, 6) is -0.760. The molecule has 0 N–H and O–H groups in total. The fourth-order valence-corrected chi connectivity index (χ4v) is 6.12. The van der Waals surface area contributed by atoms with E-state index in [1.54, 1.807) is 87.3 Å². The Labute approximate surface area is 366 Å². The zero-order valence-electron chi connectivity index (χ0n) is 33.8. The first-order chi connectivity index (χ1) is 29.7. The normalized spacial score (nSPS) is 11.5. The first-order valence-corrected chi connectivity index (χ1v) is 17.6. The van der Waals surface area contributed by atoms with Crippen molar-refractivity contribution in [2.75, 3.05) is 0 Å². The predicted octanol–water partition coefficient (Wildman–Crippen LogP) is -4.30. The van der Waals surface area contributed by atoms with Crippen LogP contribution in [0.3, 0.4) is 0 Å². The van der Waals surface area contributed by atoms with Gasteiger partial charge in [0.1, 0.15) is 21.1 Å². The molecule has 0 unspecified atom stereocenters. The summed E-state index contributed by atoms with van der Waals surface area (Å²) in [6.45, 7) is 0. The molecule has 9 rings (SSSR count). The second-order valence-corrected chi connectivity index (χ2v) is 12.8. The van der Waals surface area contributed by atoms with Crippen molar-refractivity contribution >= 4 is 57.3 Å². The second kappa shape index (κ2) is 24.9. The van der Waals surface area contributed by atoms with Crippen LogP contribution in [0.2, 0.25) is 0 Å². The molecule has 6 aromatic heterocycles. The van der Waals surface area contributed by atoms with Crippen LogP contribution in [0.4, 0.5) is 38.8 Å². The molecule has 0 fully saturated rings. The Bertz CT molecular complexity index is 2570. The molecule has 0 aromatic carbocycles. The lowest BCUT2D eigenvalue weighted by Gasteiger charge is -2.15. The number of rotatable bonds is 0. The molecule has 6 aromatic rings. The van der Waals surface area contributed by atoms with Crippen molar-refractivity contribution in [1.82, 2.24) is 15.0 Å². The molecule has 0 radical (unpaired) electrons. The summed E-state index contributed by atoms with van der Waals surface area (Å²) >= 11 is 0. The number of aryl methyl sites for hydroxylation is 3. The van der Waals surface area contributed by atoms with E-state index in [4.69, 9.17) is 0 Å².